The molecule has 0 spiro atoms. The summed E-state index contributed by atoms with van der Waals surface area (Å²) in [6.45, 7) is 7.43. The molecule has 0 aromatic heterocycles. The molecule has 1 heterocycles. The van der Waals surface area contributed by atoms with E-state index < -0.39 is 6.10 Å². The number of rotatable bonds is 3. The van der Waals surface area contributed by atoms with E-state index in [0.29, 0.717) is 12.5 Å². The van der Waals surface area contributed by atoms with Crippen molar-refractivity contribution in [3.05, 3.63) is 0 Å². The molecule has 1 aliphatic heterocycles. The summed E-state index contributed by atoms with van der Waals surface area (Å²) in [4.78, 5) is 12.3. The fraction of sp³-hybridized carbons (Fsp3) is 0.938. The second-order valence-electron chi connectivity index (χ2n) is 7.60. The standard InChI is InChI=1S/C16H27NO3/c1-15(2)10-6-7-16(15,3)13(8-10)20-14(18)12-5-4-11(9-17)19-12/h10-13H,4-9,17H2,1-3H3. The van der Waals surface area contributed by atoms with Crippen molar-refractivity contribution in [2.45, 2.75) is 71.2 Å². The van der Waals surface area contributed by atoms with Gasteiger partial charge in [-0.1, -0.05) is 20.8 Å². The molecule has 4 nitrogen and oxygen atoms in total. The number of hydrogen-bond acceptors (Lipinski definition) is 4. The van der Waals surface area contributed by atoms with Gasteiger partial charge < -0.3 is 15.2 Å². The Labute approximate surface area is 121 Å². The Morgan fingerprint density at radius 2 is 2.05 bits per heavy atom. The zero-order valence-corrected chi connectivity index (χ0v) is 12.9. The van der Waals surface area contributed by atoms with Gasteiger partial charge in [0.05, 0.1) is 6.10 Å². The summed E-state index contributed by atoms with van der Waals surface area (Å²) in [5.41, 5.74) is 5.98. The lowest BCUT2D eigenvalue weighted by molar-refractivity contribution is -0.169. The fourth-order valence-corrected chi connectivity index (χ4v) is 4.58. The SMILES string of the molecule is CC1(C)C2CCC1(C)C(OC(=O)C1CCC(CN)O1)C2. The summed E-state index contributed by atoms with van der Waals surface area (Å²) in [6, 6.07) is 0. The fourth-order valence-electron chi connectivity index (χ4n) is 4.58. The van der Waals surface area contributed by atoms with E-state index in [-0.39, 0.29) is 29.0 Å². The van der Waals surface area contributed by atoms with Gasteiger partial charge in [-0.15, -0.1) is 0 Å². The van der Waals surface area contributed by atoms with Crippen molar-refractivity contribution in [1.29, 1.82) is 0 Å². The highest BCUT2D eigenvalue weighted by molar-refractivity contribution is 5.75. The highest BCUT2D eigenvalue weighted by Crippen LogP contribution is 2.66. The van der Waals surface area contributed by atoms with Crippen LogP contribution in [0.4, 0.5) is 0 Å². The van der Waals surface area contributed by atoms with Crippen molar-refractivity contribution < 1.29 is 14.3 Å². The number of ether oxygens (including phenoxy) is 2. The Balaban J connectivity index is 1.64. The van der Waals surface area contributed by atoms with E-state index in [9.17, 15) is 4.79 Å². The molecule has 2 aliphatic carbocycles. The van der Waals surface area contributed by atoms with Crippen LogP contribution in [-0.4, -0.2) is 30.8 Å². The van der Waals surface area contributed by atoms with E-state index in [2.05, 4.69) is 20.8 Å². The lowest BCUT2D eigenvalue weighted by atomic mass is 9.70. The third-order valence-electron chi connectivity index (χ3n) is 6.61. The first kappa shape index (κ1) is 14.3. The molecule has 4 heteroatoms. The van der Waals surface area contributed by atoms with Gasteiger partial charge in [-0.2, -0.15) is 0 Å². The number of carbonyl (C=O) groups excluding carboxylic acids is 1. The van der Waals surface area contributed by atoms with Crippen molar-refractivity contribution in [3.63, 3.8) is 0 Å². The van der Waals surface area contributed by atoms with Crippen LogP contribution in [0, 0.1) is 16.7 Å². The Morgan fingerprint density at radius 3 is 2.55 bits per heavy atom. The maximum absolute atomic E-state index is 12.3. The van der Waals surface area contributed by atoms with Crippen LogP contribution in [0.5, 0.6) is 0 Å². The predicted octanol–water partition coefficient (Wildman–Crippen LogP) is 2.25. The minimum atomic E-state index is -0.394. The van der Waals surface area contributed by atoms with Crippen molar-refractivity contribution in [2.24, 2.45) is 22.5 Å². The van der Waals surface area contributed by atoms with E-state index in [1.54, 1.807) is 0 Å². The van der Waals surface area contributed by atoms with Crippen LogP contribution in [0.15, 0.2) is 0 Å². The molecule has 3 rings (SSSR count). The van der Waals surface area contributed by atoms with Gasteiger partial charge in [0.1, 0.15) is 6.10 Å². The first-order chi connectivity index (χ1) is 9.38. The second kappa shape index (κ2) is 4.70. The Hall–Kier alpha value is -0.610. The average molecular weight is 281 g/mol. The van der Waals surface area contributed by atoms with Crippen LogP contribution >= 0.6 is 0 Å². The number of nitrogens with two attached hydrogens (primary N) is 1. The van der Waals surface area contributed by atoms with Gasteiger partial charge in [0.15, 0.2) is 6.10 Å². The van der Waals surface area contributed by atoms with Crippen molar-refractivity contribution in [3.8, 4) is 0 Å². The van der Waals surface area contributed by atoms with E-state index in [4.69, 9.17) is 15.2 Å². The van der Waals surface area contributed by atoms with Crippen LogP contribution < -0.4 is 5.73 Å². The van der Waals surface area contributed by atoms with E-state index >= 15 is 0 Å². The smallest absolute Gasteiger partial charge is 0.335 e. The normalized spacial score (nSPS) is 45.8. The first-order valence-corrected chi connectivity index (χ1v) is 7.94. The zero-order chi connectivity index (χ0) is 14.5. The molecule has 2 saturated carbocycles. The Bertz CT molecular complexity index is 409. The largest absolute Gasteiger partial charge is 0.460 e. The van der Waals surface area contributed by atoms with Gasteiger partial charge in [-0.3, -0.25) is 0 Å². The van der Waals surface area contributed by atoms with Gasteiger partial charge in [0.25, 0.3) is 0 Å². The second-order valence-corrected chi connectivity index (χ2v) is 7.60. The lowest BCUT2D eigenvalue weighted by Crippen LogP contribution is -2.40. The summed E-state index contributed by atoms with van der Waals surface area (Å²) in [5.74, 6) is 0.516. The summed E-state index contributed by atoms with van der Waals surface area (Å²) in [5, 5.41) is 0. The Kier molecular flexibility index (Phi) is 3.37. The highest BCUT2D eigenvalue weighted by Gasteiger charge is 2.63. The van der Waals surface area contributed by atoms with E-state index in [1.165, 1.54) is 12.8 Å². The molecule has 2 bridgehead atoms. The molecule has 5 unspecified atom stereocenters. The summed E-state index contributed by atoms with van der Waals surface area (Å²) in [6.07, 6.45) is 4.76. The van der Waals surface area contributed by atoms with Crippen molar-refractivity contribution in [1.82, 2.24) is 0 Å². The van der Waals surface area contributed by atoms with E-state index in [1.807, 2.05) is 0 Å². The predicted molar refractivity (Wildman–Crippen MR) is 76.1 cm³/mol. The average Bonchev–Trinajstić information content (AvgIpc) is 3.01. The van der Waals surface area contributed by atoms with Crippen LogP contribution in [0.2, 0.25) is 0 Å². The summed E-state index contributed by atoms with van der Waals surface area (Å²) >= 11 is 0. The lowest BCUT2D eigenvalue weighted by Gasteiger charge is -2.38. The number of carbonyl (C=O) groups is 1. The topological polar surface area (TPSA) is 61.5 Å². The summed E-state index contributed by atoms with van der Waals surface area (Å²) in [7, 11) is 0. The molecule has 3 aliphatic rings. The van der Waals surface area contributed by atoms with Crippen LogP contribution in [-0.2, 0) is 14.3 Å². The van der Waals surface area contributed by atoms with Gasteiger partial charge >= 0.3 is 5.97 Å². The van der Waals surface area contributed by atoms with Crippen LogP contribution in [0.3, 0.4) is 0 Å². The molecule has 0 aromatic carbocycles. The van der Waals surface area contributed by atoms with Crippen molar-refractivity contribution in [2.75, 3.05) is 6.54 Å². The van der Waals surface area contributed by atoms with Gasteiger partial charge in [-0.05, 0) is 43.4 Å². The number of hydrogen-bond donors (Lipinski definition) is 1. The Morgan fingerprint density at radius 1 is 1.30 bits per heavy atom. The maximum Gasteiger partial charge on any atom is 0.335 e. The quantitative estimate of drug-likeness (QED) is 0.806. The van der Waals surface area contributed by atoms with Crippen molar-refractivity contribution >= 4 is 5.97 Å². The minimum Gasteiger partial charge on any atom is -0.460 e. The molecule has 0 aromatic rings. The van der Waals surface area contributed by atoms with Crippen LogP contribution in [0.1, 0.15) is 52.9 Å². The highest BCUT2D eigenvalue weighted by atomic mass is 16.6. The monoisotopic (exact) mass is 281 g/mol. The van der Waals surface area contributed by atoms with Gasteiger partial charge in [0.2, 0.25) is 0 Å². The molecule has 2 N–H and O–H groups in total. The molecule has 3 fully saturated rings. The molecule has 20 heavy (non-hydrogen) atoms. The molecular weight excluding hydrogens is 254 g/mol. The molecule has 0 radical (unpaired) electrons. The maximum atomic E-state index is 12.3. The minimum absolute atomic E-state index is 0.0274. The molecule has 5 atom stereocenters. The third kappa shape index (κ3) is 1.92. The van der Waals surface area contributed by atoms with Crippen LogP contribution in [0.25, 0.3) is 0 Å². The van der Waals surface area contributed by atoms with Gasteiger partial charge in [-0.25, -0.2) is 4.79 Å². The number of fused-ring (bicyclic) bond motifs is 2. The molecule has 0 amide bonds. The van der Waals surface area contributed by atoms with Gasteiger partial charge in [0, 0.05) is 12.0 Å². The number of esters is 1. The molecule has 1 saturated heterocycles. The molecule has 114 valence electrons. The third-order valence-corrected chi connectivity index (χ3v) is 6.61. The summed E-state index contributed by atoms with van der Waals surface area (Å²) < 4.78 is 11.5. The first-order valence-electron chi connectivity index (χ1n) is 7.94. The molecular formula is C16H27NO3. The zero-order valence-electron chi connectivity index (χ0n) is 12.9. The van der Waals surface area contributed by atoms with E-state index in [0.717, 1.165) is 19.3 Å².